The molecule has 0 unspecified atom stereocenters. The lowest BCUT2D eigenvalue weighted by Crippen LogP contribution is -2.44. The number of carboxylic acid groups (broad SMARTS) is 1. The predicted molar refractivity (Wildman–Crippen MR) is 71.5 cm³/mol. The predicted octanol–water partition coefficient (Wildman–Crippen LogP) is 1.12. The molecule has 0 saturated heterocycles. The van der Waals surface area contributed by atoms with Crippen LogP contribution in [0.4, 0.5) is 5.82 Å². The van der Waals surface area contributed by atoms with Crippen molar-refractivity contribution in [3.05, 3.63) is 30.1 Å². The number of hydrogen-bond acceptors (Lipinski definition) is 5. The number of fused-ring (bicyclic) bond motifs is 1. The molecule has 1 heterocycles. The van der Waals surface area contributed by atoms with E-state index in [0.717, 1.165) is 10.9 Å². The maximum Gasteiger partial charge on any atom is 0.138 e. The molecular weight excluding hydrogens is 242 g/mol. The molecule has 1 N–H and O–H groups in total. The number of carbonyl (C=O) groups excluding carboxylic acids is 1. The third-order valence-corrected chi connectivity index (χ3v) is 2.93. The molecule has 0 aliphatic rings. The van der Waals surface area contributed by atoms with Gasteiger partial charge in [0.15, 0.2) is 0 Å². The van der Waals surface area contributed by atoms with Gasteiger partial charge in [-0.15, -0.1) is 0 Å². The summed E-state index contributed by atoms with van der Waals surface area (Å²) in [6.07, 6.45) is 0. The molecular formula is C14H16N3O2-. The molecule has 19 heavy (non-hydrogen) atoms. The number of aromatic nitrogens is 2. The molecule has 0 aliphatic carbocycles. The van der Waals surface area contributed by atoms with E-state index in [0.29, 0.717) is 11.6 Å². The topological polar surface area (TPSA) is 77.9 Å². The number of para-hydroxylation sites is 1. The van der Waals surface area contributed by atoms with Gasteiger partial charge in [-0.25, -0.2) is 9.97 Å². The lowest BCUT2D eigenvalue weighted by Gasteiger charge is -2.24. The van der Waals surface area contributed by atoms with Crippen LogP contribution in [0.25, 0.3) is 10.9 Å². The third kappa shape index (κ3) is 2.81. The fourth-order valence-corrected chi connectivity index (χ4v) is 1.95. The van der Waals surface area contributed by atoms with Crippen molar-refractivity contribution in [1.29, 1.82) is 0 Å². The van der Waals surface area contributed by atoms with Gasteiger partial charge in [0.1, 0.15) is 11.6 Å². The SMILES string of the molecule is Cc1nc(N[C@H](C(=O)[O-])C(C)C)c2ccccc2n1. The van der Waals surface area contributed by atoms with E-state index in [2.05, 4.69) is 15.3 Å². The first-order valence-corrected chi connectivity index (χ1v) is 6.20. The lowest BCUT2D eigenvalue weighted by molar-refractivity contribution is -0.307. The van der Waals surface area contributed by atoms with Crippen molar-refractivity contribution in [1.82, 2.24) is 9.97 Å². The Morgan fingerprint density at radius 2 is 1.95 bits per heavy atom. The first-order valence-electron chi connectivity index (χ1n) is 6.20. The second kappa shape index (κ2) is 5.22. The summed E-state index contributed by atoms with van der Waals surface area (Å²) in [6.45, 7) is 5.43. The fourth-order valence-electron chi connectivity index (χ4n) is 1.95. The van der Waals surface area contributed by atoms with Crippen molar-refractivity contribution >= 4 is 22.7 Å². The molecule has 0 spiro atoms. The normalized spacial score (nSPS) is 12.6. The van der Waals surface area contributed by atoms with Crippen molar-refractivity contribution in [3.63, 3.8) is 0 Å². The van der Waals surface area contributed by atoms with Crippen LogP contribution in [0, 0.1) is 12.8 Å². The average Bonchev–Trinajstić information content (AvgIpc) is 2.34. The second-order valence-electron chi connectivity index (χ2n) is 4.82. The van der Waals surface area contributed by atoms with Gasteiger partial charge in [0.25, 0.3) is 0 Å². The van der Waals surface area contributed by atoms with Crippen molar-refractivity contribution in [2.45, 2.75) is 26.8 Å². The van der Waals surface area contributed by atoms with Crippen molar-refractivity contribution in [2.75, 3.05) is 5.32 Å². The molecule has 0 saturated carbocycles. The Labute approximate surface area is 111 Å². The zero-order valence-electron chi connectivity index (χ0n) is 11.2. The molecule has 5 heteroatoms. The molecule has 5 nitrogen and oxygen atoms in total. The Kier molecular flexibility index (Phi) is 3.64. The number of nitrogens with zero attached hydrogens (tertiary/aromatic N) is 2. The van der Waals surface area contributed by atoms with Gasteiger partial charge in [-0.05, 0) is 25.0 Å². The molecule has 1 aromatic heterocycles. The first-order chi connectivity index (χ1) is 8.99. The maximum absolute atomic E-state index is 11.1. The van der Waals surface area contributed by atoms with Crippen LogP contribution in [-0.4, -0.2) is 22.0 Å². The monoisotopic (exact) mass is 258 g/mol. The highest BCUT2D eigenvalue weighted by Crippen LogP contribution is 2.21. The van der Waals surface area contributed by atoms with E-state index in [1.54, 1.807) is 6.92 Å². The summed E-state index contributed by atoms with van der Waals surface area (Å²) in [5.74, 6) is -0.0950. The highest BCUT2D eigenvalue weighted by molar-refractivity contribution is 5.90. The molecule has 2 aromatic rings. The van der Waals surface area contributed by atoms with E-state index >= 15 is 0 Å². The Bertz CT molecular complexity index is 611. The largest absolute Gasteiger partial charge is 0.548 e. The number of aliphatic carboxylic acids is 1. The van der Waals surface area contributed by atoms with Gasteiger partial charge in [-0.2, -0.15) is 0 Å². The Morgan fingerprint density at radius 3 is 2.58 bits per heavy atom. The highest BCUT2D eigenvalue weighted by atomic mass is 16.4. The fraction of sp³-hybridized carbons (Fsp3) is 0.357. The van der Waals surface area contributed by atoms with E-state index in [4.69, 9.17) is 0 Å². The number of carboxylic acids is 1. The van der Waals surface area contributed by atoms with Crippen molar-refractivity contribution < 1.29 is 9.90 Å². The summed E-state index contributed by atoms with van der Waals surface area (Å²) in [6, 6.07) is 6.72. The summed E-state index contributed by atoms with van der Waals surface area (Å²) in [5.41, 5.74) is 0.790. The highest BCUT2D eigenvalue weighted by Gasteiger charge is 2.16. The van der Waals surface area contributed by atoms with Crippen LogP contribution in [0.2, 0.25) is 0 Å². The van der Waals surface area contributed by atoms with Crippen LogP contribution in [0.5, 0.6) is 0 Å². The second-order valence-corrected chi connectivity index (χ2v) is 4.82. The van der Waals surface area contributed by atoms with Gasteiger partial charge < -0.3 is 15.2 Å². The Morgan fingerprint density at radius 1 is 1.26 bits per heavy atom. The molecule has 0 radical (unpaired) electrons. The van der Waals surface area contributed by atoms with E-state index < -0.39 is 12.0 Å². The molecule has 1 atom stereocenters. The minimum atomic E-state index is -1.13. The molecule has 0 aliphatic heterocycles. The van der Waals surface area contributed by atoms with E-state index in [1.165, 1.54) is 0 Å². The molecule has 100 valence electrons. The van der Waals surface area contributed by atoms with Crippen LogP contribution < -0.4 is 10.4 Å². The number of nitrogens with one attached hydrogen (secondary N) is 1. The number of benzene rings is 1. The van der Waals surface area contributed by atoms with Crippen LogP contribution in [0.15, 0.2) is 24.3 Å². The minimum absolute atomic E-state index is 0.0981. The van der Waals surface area contributed by atoms with E-state index in [1.807, 2.05) is 38.1 Å². The molecule has 0 amide bonds. The quantitative estimate of drug-likeness (QED) is 0.889. The summed E-state index contributed by atoms with van der Waals surface area (Å²) in [5, 5.41) is 14.9. The van der Waals surface area contributed by atoms with Gasteiger partial charge >= 0.3 is 0 Å². The average molecular weight is 258 g/mol. The molecule has 2 rings (SSSR count). The summed E-state index contributed by atoms with van der Waals surface area (Å²) < 4.78 is 0. The standard InChI is InChI=1S/C14H17N3O2/c1-8(2)12(14(18)19)17-13-10-6-4-5-7-11(10)15-9(3)16-13/h4-8,12H,1-3H3,(H,18,19)(H,15,16,17)/p-1/t12-/m0/s1. The van der Waals surface area contributed by atoms with Crippen LogP contribution in [0.3, 0.4) is 0 Å². The third-order valence-electron chi connectivity index (χ3n) is 2.93. The van der Waals surface area contributed by atoms with Gasteiger partial charge in [-0.1, -0.05) is 26.0 Å². The minimum Gasteiger partial charge on any atom is -0.548 e. The number of rotatable bonds is 4. The van der Waals surface area contributed by atoms with Gasteiger partial charge in [0.05, 0.1) is 17.5 Å². The molecule has 0 bridgehead atoms. The molecule has 0 fully saturated rings. The number of carbonyl (C=O) groups is 1. The smallest absolute Gasteiger partial charge is 0.138 e. The van der Waals surface area contributed by atoms with Crippen molar-refractivity contribution in [3.8, 4) is 0 Å². The number of aryl methyl sites for hydroxylation is 1. The van der Waals surface area contributed by atoms with Crippen molar-refractivity contribution in [2.24, 2.45) is 5.92 Å². The van der Waals surface area contributed by atoms with Gasteiger partial charge in [0, 0.05) is 5.39 Å². The Hall–Kier alpha value is -2.17. The number of anilines is 1. The number of hydrogen-bond donors (Lipinski definition) is 1. The van der Waals surface area contributed by atoms with E-state index in [9.17, 15) is 9.90 Å². The van der Waals surface area contributed by atoms with E-state index in [-0.39, 0.29) is 5.92 Å². The molecule has 1 aromatic carbocycles. The van der Waals surface area contributed by atoms with Crippen LogP contribution in [-0.2, 0) is 4.79 Å². The lowest BCUT2D eigenvalue weighted by atomic mass is 10.0. The zero-order valence-corrected chi connectivity index (χ0v) is 11.2. The summed E-state index contributed by atoms with van der Waals surface area (Å²) >= 11 is 0. The zero-order chi connectivity index (χ0) is 14.0. The Balaban J connectivity index is 2.47. The summed E-state index contributed by atoms with van der Waals surface area (Å²) in [7, 11) is 0. The van der Waals surface area contributed by atoms with Crippen LogP contribution >= 0.6 is 0 Å². The van der Waals surface area contributed by atoms with Crippen LogP contribution in [0.1, 0.15) is 19.7 Å². The summed E-state index contributed by atoms with van der Waals surface area (Å²) in [4.78, 5) is 19.8. The van der Waals surface area contributed by atoms with Gasteiger partial charge in [0.2, 0.25) is 0 Å². The first kappa shape index (κ1) is 13.3. The maximum atomic E-state index is 11.1. The van der Waals surface area contributed by atoms with Gasteiger partial charge in [-0.3, -0.25) is 0 Å².